The average Bonchev–Trinajstić information content (AvgIpc) is 2.69. The van der Waals surface area contributed by atoms with Gasteiger partial charge in [0.05, 0.1) is 12.7 Å². The first-order chi connectivity index (χ1) is 13.8. The Kier molecular flexibility index (Phi) is 5.68. The quantitative estimate of drug-likeness (QED) is 0.435. The van der Waals surface area contributed by atoms with E-state index in [-0.39, 0.29) is 5.57 Å². The molecule has 1 saturated heterocycles. The first-order valence-corrected chi connectivity index (χ1v) is 8.86. The topological polar surface area (TPSA) is 88.1 Å². The Bertz CT molecular complexity index is 932. The highest BCUT2D eigenvalue weighted by Gasteiger charge is 2.38. The summed E-state index contributed by atoms with van der Waals surface area (Å²) in [6, 6.07) is 13.8. The van der Waals surface area contributed by atoms with Crippen LogP contribution in [0.3, 0.4) is 0 Å². The second kappa shape index (κ2) is 8.18. The summed E-state index contributed by atoms with van der Waals surface area (Å²) in [6.45, 7) is 3.30. The van der Waals surface area contributed by atoms with Crippen LogP contribution in [0.2, 0.25) is 0 Å². The normalized spacial score (nSPS) is 15.2. The monoisotopic (exact) mass is 396 g/mol. The van der Waals surface area contributed by atoms with Crippen LogP contribution >= 0.6 is 0 Å². The van der Waals surface area contributed by atoms with Gasteiger partial charge in [0.2, 0.25) is 0 Å². The molecule has 3 rings (SSSR count). The molecule has 7 nitrogen and oxygen atoms in total. The van der Waals surface area contributed by atoms with Gasteiger partial charge in [-0.15, -0.1) is 0 Å². The molecule has 0 radical (unpaired) electrons. The molecule has 1 aliphatic heterocycles. The number of methoxy groups -OCH3 is 1. The lowest BCUT2D eigenvalue weighted by atomic mass is 10.1. The third-order valence-corrected chi connectivity index (χ3v) is 4.09. The summed E-state index contributed by atoms with van der Waals surface area (Å²) in [6.07, 6.45) is 1.41. The van der Waals surface area contributed by atoms with Crippen molar-refractivity contribution in [2.45, 2.75) is 26.2 Å². The number of rotatable bonds is 5. The van der Waals surface area contributed by atoms with Crippen LogP contribution in [0.15, 0.2) is 54.1 Å². The van der Waals surface area contributed by atoms with Crippen LogP contribution in [-0.2, 0) is 30.4 Å². The maximum Gasteiger partial charge on any atom is 0.348 e. The summed E-state index contributed by atoms with van der Waals surface area (Å²) in [5, 5.41) is 0. The van der Waals surface area contributed by atoms with Gasteiger partial charge in [-0.3, -0.25) is 0 Å². The van der Waals surface area contributed by atoms with E-state index in [4.69, 9.17) is 14.2 Å². The molecule has 0 bridgehead atoms. The molecule has 0 unspecified atom stereocenters. The summed E-state index contributed by atoms with van der Waals surface area (Å²) in [5.41, 5.74) is 1.82. The second-order valence-corrected chi connectivity index (χ2v) is 6.78. The minimum absolute atomic E-state index is 0.163. The molecule has 29 heavy (non-hydrogen) atoms. The highest BCUT2D eigenvalue weighted by molar-refractivity contribution is 6.18. The van der Waals surface area contributed by atoms with E-state index in [1.54, 1.807) is 48.5 Å². The Hall–Kier alpha value is -3.61. The minimum atomic E-state index is -1.27. The number of carbonyl (C=O) groups excluding carboxylic acids is 3. The van der Waals surface area contributed by atoms with E-state index in [9.17, 15) is 14.4 Å². The van der Waals surface area contributed by atoms with Crippen molar-refractivity contribution < 1.29 is 33.3 Å². The summed E-state index contributed by atoms with van der Waals surface area (Å²) >= 11 is 0. The third-order valence-electron chi connectivity index (χ3n) is 4.09. The zero-order valence-electron chi connectivity index (χ0n) is 16.3. The van der Waals surface area contributed by atoms with E-state index in [2.05, 4.69) is 4.74 Å². The maximum atomic E-state index is 12.0. The molecule has 1 heterocycles. The summed E-state index contributed by atoms with van der Waals surface area (Å²) in [4.78, 5) is 35.4. The smallest absolute Gasteiger partial charge is 0.348 e. The predicted molar refractivity (Wildman–Crippen MR) is 103 cm³/mol. The number of cyclic esters (lactones) is 2. The van der Waals surface area contributed by atoms with Gasteiger partial charge in [-0.25, -0.2) is 14.4 Å². The molecule has 0 amide bonds. The average molecular weight is 396 g/mol. The zero-order chi connectivity index (χ0) is 21.0. The summed E-state index contributed by atoms with van der Waals surface area (Å²) < 4.78 is 20.5. The second-order valence-electron chi connectivity index (χ2n) is 6.78. The van der Waals surface area contributed by atoms with Crippen molar-refractivity contribution >= 4 is 24.0 Å². The number of carbonyl (C=O) groups is 3. The van der Waals surface area contributed by atoms with Gasteiger partial charge in [0.25, 0.3) is 5.79 Å². The summed E-state index contributed by atoms with van der Waals surface area (Å²) in [5.74, 6) is -2.49. The molecule has 0 saturated carbocycles. The van der Waals surface area contributed by atoms with E-state index in [0.717, 1.165) is 5.56 Å². The molecule has 0 spiro atoms. The van der Waals surface area contributed by atoms with Crippen LogP contribution in [0, 0.1) is 0 Å². The third kappa shape index (κ3) is 5.01. The molecule has 1 aliphatic rings. The van der Waals surface area contributed by atoms with Gasteiger partial charge in [0, 0.05) is 13.8 Å². The van der Waals surface area contributed by atoms with E-state index in [1.807, 2.05) is 0 Å². The fraction of sp³-hybridized carbons (Fsp3) is 0.227. The van der Waals surface area contributed by atoms with Gasteiger partial charge < -0.3 is 18.9 Å². The standard InChI is InChI=1S/C22H20O7/c1-22(2)28-20(24)18(21(25)29-22)12-14-6-10-17(11-7-14)27-13-15-4-8-16(9-5-15)19(23)26-3/h4-12H,13H2,1-3H3. The molecular formula is C22H20O7. The molecule has 0 aromatic heterocycles. The van der Waals surface area contributed by atoms with Crippen molar-refractivity contribution in [2.75, 3.05) is 7.11 Å². The number of benzene rings is 2. The Morgan fingerprint density at radius 1 is 0.966 bits per heavy atom. The summed E-state index contributed by atoms with van der Waals surface area (Å²) in [7, 11) is 1.33. The van der Waals surface area contributed by atoms with Gasteiger partial charge in [0.15, 0.2) is 0 Å². The Balaban J connectivity index is 1.62. The minimum Gasteiger partial charge on any atom is -0.489 e. The molecule has 1 fully saturated rings. The van der Waals surface area contributed by atoms with Crippen molar-refractivity contribution in [2.24, 2.45) is 0 Å². The Morgan fingerprint density at radius 3 is 2.10 bits per heavy atom. The lowest BCUT2D eigenvalue weighted by Gasteiger charge is -2.29. The Labute approximate surface area is 167 Å². The molecule has 0 atom stereocenters. The number of esters is 3. The van der Waals surface area contributed by atoms with Crippen molar-refractivity contribution in [3.05, 3.63) is 70.8 Å². The zero-order valence-corrected chi connectivity index (χ0v) is 16.3. The van der Waals surface area contributed by atoms with Crippen LogP contribution in [0.1, 0.15) is 35.3 Å². The molecule has 0 aliphatic carbocycles. The largest absolute Gasteiger partial charge is 0.489 e. The van der Waals surface area contributed by atoms with Gasteiger partial charge in [-0.1, -0.05) is 24.3 Å². The van der Waals surface area contributed by atoms with E-state index >= 15 is 0 Å². The molecular weight excluding hydrogens is 376 g/mol. The van der Waals surface area contributed by atoms with E-state index in [1.165, 1.54) is 27.0 Å². The molecule has 2 aromatic rings. The van der Waals surface area contributed by atoms with Crippen molar-refractivity contribution in [3.63, 3.8) is 0 Å². The van der Waals surface area contributed by atoms with Gasteiger partial charge in [0.1, 0.15) is 17.9 Å². The number of hydrogen-bond acceptors (Lipinski definition) is 7. The highest BCUT2D eigenvalue weighted by atomic mass is 16.7. The molecule has 150 valence electrons. The SMILES string of the molecule is COC(=O)c1ccc(COc2ccc(C=C3C(=O)OC(C)(C)OC3=O)cc2)cc1. The molecule has 2 aromatic carbocycles. The van der Waals surface area contributed by atoms with Gasteiger partial charge in [-0.2, -0.15) is 0 Å². The molecule has 0 N–H and O–H groups in total. The number of hydrogen-bond donors (Lipinski definition) is 0. The van der Waals surface area contributed by atoms with Crippen LogP contribution in [0.5, 0.6) is 5.75 Å². The van der Waals surface area contributed by atoms with Crippen LogP contribution in [0.25, 0.3) is 6.08 Å². The van der Waals surface area contributed by atoms with Crippen molar-refractivity contribution in [1.82, 2.24) is 0 Å². The lowest BCUT2D eigenvalue weighted by molar-refractivity contribution is -0.222. The fourth-order valence-corrected chi connectivity index (χ4v) is 2.63. The first kappa shape index (κ1) is 20.1. The predicted octanol–water partition coefficient (Wildman–Crippen LogP) is 3.27. The van der Waals surface area contributed by atoms with Gasteiger partial charge in [-0.05, 0) is 41.5 Å². The van der Waals surface area contributed by atoms with Crippen molar-refractivity contribution in [3.8, 4) is 5.75 Å². The highest BCUT2D eigenvalue weighted by Crippen LogP contribution is 2.24. The molecule has 7 heteroatoms. The Morgan fingerprint density at radius 2 is 1.55 bits per heavy atom. The first-order valence-electron chi connectivity index (χ1n) is 8.86. The maximum absolute atomic E-state index is 12.0. The van der Waals surface area contributed by atoms with Crippen LogP contribution in [-0.4, -0.2) is 30.8 Å². The van der Waals surface area contributed by atoms with E-state index in [0.29, 0.717) is 23.5 Å². The van der Waals surface area contributed by atoms with Gasteiger partial charge >= 0.3 is 17.9 Å². The van der Waals surface area contributed by atoms with Crippen molar-refractivity contribution in [1.29, 1.82) is 0 Å². The van der Waals surface area contributed by atoms with E-state index < -0.39 is 23.7 Å². The van der Waals surface area contributed by atoms with Crippen LogP contribution in [0.4, 0.5) is 0 Å². The van der Waals surface area contributed by atoms with Crippen LogP contribution < -0.4 is 4.74 Å². The fourth-order valence-electron chi connectivity index (χ4n) is 2.63. The lowest BCUT2D eigenvalue weighted by Crippen LogP contribution is -2.41. The number of ether oxygens (including phenoxy) is 4.